The van der Waals surface area contributed by atoms with Crippen molar-refractivity contribution in [3.05, 3.63) is 17.3 Å². The molecule has 0 bridgehead atoms. The summed E-state index contributed by atoms with van der Waals surface area (Å²) in [5.41, 5.74) is 0. The quantitative estimate of drug-likeness (QED) is 0.766. The van der Waals surface area contributed by atoms with E-state index in [4.69, 9.17) is 21.4 Å². The Balaban J connectivity index is 2.48. The van der Waals surface area contributed by atoms with Crippen LogP contribution in [0.5, 0.6) is 5.88 Å². The van der Waals surface area contributed by atoms with Gasteiger partial charge in [0.05, 0.1) is 6.10 Å². The smallest absolute Gasteiger partial charge is 0.233 e. The van der Waals surface area contributed by atoms with E-state index in [0.717, 1.165) is 0 Å². The van der Waals surface area contributed by atoms with Gasteiger partial charge in [0.25, 0.3) is 0 Å². The van der Waals surface area contributed by atoms with Crippen molar-refractivity contribution in [1.82, 2.24) is 10.2 Å². The van der Waals surface area contributed by atoms with Gasteiger partial charge >= 0.3 is 0 Å². The first kappa shape index (κ1) is 9.22. The Bertz CT molecular complexity index is 238. The Morgan fingerprint density at radius 2 is 2.33 bits per heavy atom. The first-order valence-corrected chi connectivity index (χ1v) is 3.86. The molecule has 1 heterocycles. The number of rotatable bonds is 3. The third kappa shape index (κ3) is 3.02. The van der Waals surface area contributed by atoms with Gasteiger partial charge in [0, 0.05) is 6.07 Å². The van der Waals surface area contributed by atoms with Crippen molar-refractivity contribution >= 4 is 11.6 Å². The van der Waals surface area contributed by atoms with E-state index >= 15 is 0 Å². The van der Waals surface area contributed by atoms with E-state index in [-0.39, 0.29) is 6.61 Å². The molecule has 0 saturated heterocycles. The van der Waals surface area contributed by atoms with Gasteiger partial charge < -0.3 is 9.84 Å². The maximum atomic E-state index is 8.87. The first-order valence-electron chi connectivity index (χ1n) is 3.48. The summed E-state index contributed by atoms with van der Waals surface area (Å²) in [6, 6.07) is 3.17. The highest BCUT2D eigenvalue weighted by Crippen LogP contribution is 2.08. The second-order valence-electron chi connectivity index (χ2n) is 2.35. The number of halogens is 1. The molecule has 0 aliphatic rings. The van der Waals surface area contributed by atoms with Gasteiger partial charge in [-0.3, -0.25) is 0 Å². The number of nitrogens with zero attached hydrogens (tertiary/aromatic N) is 2. The lowest BCUT2D eigenvalue weighted by molar-refractivity contribution is 0.119. The van der Waals surface area contributed by atoms with Crippen LogP contribution >= 0.6 is 11.6 Å². The molecule has 1 rings (SSSR count). The maximum absolute atomic E-state index is 8.87. The van der Waals surface area contributed by atoms with Crippen molar-refractivity contribution in [3.8, 4) is 5.88 Å². The summed E-state index contributed by atoms with van der Waals surface area (Å²) >= 11 is 5.50. The molecule has 66 valence electrons. The van der Waals surface area contributed by atoms with Crippen LogP contribution in [0.3, 0.4) is 0 Å². The van der Waals surface area contributed by atoms with Crippen LogP contribution in [0.1, 0.15) is 6.92 Å². The molecule has 1 aromatic rings. The van der Waals surface area contributed by atoms with Crippen LogP contribution in [0.25, 0.3) is 0 Å². The fourth-order valence-electron chi connectivity index (χ4n) is 0.587. The molecule has 5 heteroatoms. The largest absolute Gasteiger partial charge is 0.474 e. The predicted molar refractivity (Wildman–Crippen MR) is 44.2 cm³/mol. The van der Waals surface area contributed by atoms with E-state index < -0.39 is 6.10 Å². The second-order valence-corrected chi connectivity index (χ2v) is 2.74. The minimum absolute atomic E-state index is 0.205. The zero-order valence-corrected chi connectivity index (χ0v) is 7.32. The van der Waals surface area contributed by atoms with Crippen molar-refractivity contribution in [2.75, 3.05) is 6.61 Å². The fraction of sp³-hybridized carbons (Fsp3) is 0.429. The number of ether oxygens (including phenoxy) is 1. The summed E-state index contributed by atoms with van der Waals surface area (Å²) in [4.78, 5) is 0. The van der Waals surface area contributed by atoms with Gasteiger partial charge in [0.2, 0.25) is 5.88 Å². The third-order valence-electron chi connectivity index (χ3n) is 1.08. The molecule has 0 saturated carbocycles. The molecule has 0 aliphatic heterocycles. The highest BCUT2D eigenvalue weighted by atomic mass is 35.5. The summed E-state index contributed by atoms with van der Waals surface area (Å²) < 4.78 is 5.04. The van der Waals surface area contributed by atoms with Crippen molar-refractivity contribution in [2.24, 2.45) is 0 Å². The standard InChI is InChI=1S/C7H9ClN2O2/c1-5(11)4-12-7-3-2-6(8)9-10-7/h2-3,5,11H,4H2,1H3. The van der Waals surface area contributed by atoms with E-state index in [1.807, 2.05) is 0 Å². The average Bonchev–Trinajstić information content (AvgIpc) is 2.03. The molecule has 0 aromatic carbocycles. The van der Waals surface area contributed by atoms with Crippen LogP contribution in [-0.2, 0) is 0 Å². The van der Waals surface area contributed by atoms with E-state index in [9.17, 15) is 0 Å². The number of aliphatic hydroxyl groups is 1. The lowest BCUT2D eigenvalue weighted by atomic mass is 10.4. The average molecular weight is 189 g/mol. The summed E-state index contributed by atoms with van der Waals surface area (Å²) in [6.45, 7) is 1.83. The van der Waals surface area contributed by atoms with Crippen LogP contribution in [0.15, 0.2) is 12.1 Å². The lowest BCUT2D eigenvalue weighted by Gasteiger charge is -2.05. The second kappa shape index (κ2) is 4.23. The molecule has 1 atom stereocenters. The molecule has 4 nitrogen and oxygen atoms in total. The van der Waals surface area contributed by atoms with Gasteiger partial charge in [-0.15, -0.1) is 10.2 Å². The zero-order chi connectivity index (χ0) is 8.97. The monoisotopic (exact) mass is 188 g/mol. The SMILES string of the molecule is CC(O)COc1ccc(Cl)nn1. The molecule has 1 N–H and O–H groups in total. The van der Waals surface area contributed by atoms with Crippen LogP contribution in [0, 0.1) is 0 Å². The molecular weight excluding hydrogens is 180 g/mol. The van der Waals surface area contributed by atoms with Gasteiger partial charge in [-0.25, -0.2) is 0 Å². The van der Waals surface area contributed by atoms with E-state index in [2.05, 4.69) is 10.2 Å². The van der Waals surface area contributed by atoms with Gasteiger partial charge in [-0.2, -0.15) is 0 Å². The molecule has 0 aliphatic carbocycles. The molecular formula is C7H9ClN2O2. The predicted octanol–water partition coefficient (Wildman–Crippen LogP) is 0.890. The van der Waals surface area contributed by atoms with Gasteiger partial charge in [-0.1, -0.05) is 11.6 Å². The molecule has 0 fully saturated rings. The molecule has 12 heavy (non-hydrogen) atoms. The van der Waals surface area contributed by atoms with Crippen molar-refractivity contribution < 1.29 is 9.84 Å². The van der Waals surface area contributed by atoms with E-state index in [1.165, 1.54) is 0 Å². The number of aliphatic hydroxyl groups excluding tert-OH is 1. The summed E-state index contributed by atoms with van der Waals surface area (Å²) in [6.07, 6.45) is -0.512. The molecule has 0 radical (unpaired) electrons. The highest BCUT2D eigenvalue weighted by molar-refractivity contribution is 6.29. The Morgan fingerprint density at radius 3 is 2.83 bits per heavy atom. The van der Waals surface area contributed by atoms with Gasteiger partial charge in [0.1, 0.15) is 6.61 Å². The van der Waals surface area contributed by atoms with Crippen molar-refractivity contribution in [1.29, 1.82) is 0 Å². The molecule has 1 unspecified atom stereocenters. The molecule has 1 aromatic heterocycles. The molecule has 0 amide bonds. The minimum Gasteiger partial charge on any atom is -0.474 e. The van der Waals surface area contributed by atoms with Crippen LogP contribution in [0.2, 0.25) is 5.15 Å². The number of hydrogen-bond acceptors (Lipinski definition) is 4. The highest BCUT2D eigenvalue weighted by Gasteiger charge is 1.99. The van der Waals surface area contributed by atoms with Crippen LogP contribution < -0.4 is 4.74 Å². The Morgan fingerprint density at radius 1 is 1.58 bits per heavy atom. The summed E-state index contributed by atoms with van der Waals surface area (Å²) in [7, 11) is 0. The van der Waals surface area contributed by atoms with Gasteiger partial charge in [-0.05, 0) is 13.0 Å². The topological polar surface area (TPSA) is 55.2 Å². The number of aromatic nitrogens is 2. The Labute approximate surface area is 75.1 Å². The fourth-order valence-corrected chi connectivity index (χ4v) is 0.688. The summed E-state index contributed by atoms with van der Waals surface area (Å²) in [5, 5.41) is 16.4. The third-order valence-corrected chi connectivity index (χ3v) is 1.28. The van der Waals surface area contributed by atoms with Crippen molar-refractivity contribution in [3.63, 3.8) is 0 Å². The normalized spacial score (nSPS) is 12.6. The van der Waals surface area contributed by atoms with E-state index in [1.54, 1.807) is 19.1 Å². The Kier molecular flexibility index (Phi) is 3.25. The number of hydrogen-bond donors (Lipinski definition) is 1. The van der Waals surface area contributed by atoms with E-state index in [0.29, 0.717) is 11.0 Å². The Hall–Kier alpha value is -0.870. The first-order chi connectivity index (χ1) is 5.68. The van der Waals surface area contributed by atoms with Crippen LogP contribution in [0.4, 0.5) is 0 Å². The zero-order valence-electron chi connectivity index (χ0n) is 6.57. The van der Waals surface area contributed by atoms with Gasteiger partial charge in [0.15, 0.2) is 5.15 Å². The minimum atomic E-state index is -0.512. The maximum Gasteiger partial charge on any atom is 0.233 e. The molecule has 0 spiro atoms. The lowest BCUT2D eigenvalue weighted by Crippen LogP contribution is -2.13. The van der Waals surface area contributed by atoms with Crippen LogP contribution in [-0.4, -0.2) is 28.0 Å². The van der Waals surface area contributed by atoms with Crippen molar-refractivity contribution in [2.45, 2.75) is 13.0 Å². The summed E-state index contributed by atoms with van der Waals surface area (Å²) in [5.74, 6) is 0.361.